The fraction of sp³-hybridized carbons (Fsp3) is 0.273. The number of hydrogen-bond acceptors (Lipinski definition) is 5. The summed E-state index contributed by atoms with van der Waals surface area (Å²) in [4.78, 5) is 4.21. The van der Waals surface area contributed by atoms with Crippen molar-refractivity contribution in [3.05, 3.63) is 30.3 Å². The average Bonchev–Trinajstić information content (AvgIpc) is 2.79. The van der Waals surface area contributed by atoms with Gasteiger partial charge in [0, 0.05) is 19.2 Å². The summed E-state index contributed by atoms with van der Waals surface area (Å²) < 4.78 is 10.0. The van der Waals surface area contributed by atoms with Crippen LogP contribution >= 0.6 is 0 Å². The molecule has 0 bridgehead atoms. The number of hydrogen-bond donors (Lipinski definition) is 1. The highest BCUT2D eigenvalue weighted by atomic mass is 16.5. The molecule has 2 rings (SSSR count). The molecule has 0 radical (unpaired) electrons. The zero-order chi connectivity index (χ0) is 11.2. The van der Waals surface area contributed by atoms with Crippen molar-refractivity contribution in [3.63, 3.8) is 0 Å². The van der Waals surface area contributed by atoms with Gasteiger partial charge >= 0.3 is 0 Å². The van der Waals surface area contributed by atoms with Crippen LogP contribution in [0.2, 0.25) is 0 Å². The van der Waals surface area contributed by atoms with E-state index in [1.54, 1.807) is 7.11 Å². The monoisotopic (exact) mass is 219 g/mol. The van der Waals surface area contributed by atoms with E-state index < -0.39 is 0 Å². The van der Waals surface area contributed by atoms with E-state index in [0.29, 0.717) is 25.0 Å². The van der Waals surface area contributed by atoms with Crippen LogP contribution in [-0.2, 0) is 4.74 Å². The normalized spacial score (nSPS) is 10.3. The molecule has 0 fully saturated rings. The van der Waals surface area contributed by atoms with Crippen LogP contribution in [0.4, 0.5) is 5.95 Å². The largest absolute Gasteiger partial charge is 0.383 e. The Labute approximate surface area is 93.4 Å². The van der Waals surface area contributed by atoms with Crippen LogP contribution in [0.25, 0.3) is 11.5 Å². The minimum absolute atomic E-state index is 0.482. The lowest BCUT2D eigenvalue weighted by Gasteiger charge is -1.97. The molecule has 16 heavy (non-hydrogen) atoms. The second-order valence-corrected chi connectivity index (χ2v) is 3.21. The molecule has 0 atom stereocenters. The van der Waals surface area contributed by atoms with E-state index in [-0.39, 0.29) is 0 Å². The lowest BCUT2D eigenvalue weighted by molar-refractivity contribution is 0.210. The lowest BCUT2D eigenvalue weighted by atomic mass is 10.2. The van der Waals surface area contributed by atoms with E-state index in [1.807, 2.05) is 30.3 Å². The van der Waals surface area contributed by atoms with E-state index >= 15 is 0 Å². The van der Waals surface area contributed by atoms with Gasteiger partial charge in [-0.1, -0.05) is 18.2 Å². The summed E-state index contributed by atoms with van der Waals surface area (Å²) in [5, 5.41) is 6.81. The minimum atomic E-state index is 0.482. The Kier molecular flexibility index (Phi) is 3.50. The molecule has 1 aromatic heterocycles. The quantitative estimate of drug-likeness (QED) is 0.777. The molecule has 0 aliphatic heterocycles. The molecule has 5 heteroatoms. The maximum Gasteiger partial charge on any atom is 0.263 e. The molecule has 0 amide bonds. The number of ether oxygens (including phenoxy) is 1. The Balaban J connectivity index is 2.02. The first kappa shape index (κ1) is 10.6. The minimum Gasteiger partial charge on any atom is -0.383 e. The van der Waals surface area contributed by atoms with Gasteiger partial charge in [-0.15, -0.1) is 0 Å². The zero-order valence-corrected chi connectivity index (χ0v) is 9.01. The Morgan fingerprint density at radius 1 is 1.31 bits per heavy atom. The topological polar surface area (TPSA) is 60.2 Å². The Morgan fingerprint density at radius 2 is 2.12 bits per heavy atom. The maximum absolute atomic E-state index is 5.12. The molecular formula is C11H13N3O2. The molecule has 0 saturated carbocycles. The van der Waals surface area contributed by atoms with E-state index in [0.717, 1.165) is 5.56 Å². The van der Waals surface area contributed by atoms with Gasteiger partial charge in [0.15, 0.2) is 0 Å². The molecule has 0 aliphatic rings. The first-order valence-corrected chi connectivity index (χ1v) is 5.02. The van der Waals surface area contributed by atoms with Crippen molar-refractivity contribution in [2.24, 2.45) is 0 Å². The van der Waals surface area contributed by atoms with Gasteiger partial charge in [-0.3, -0.25) is 0 Å². The van der Waals surface area contributed by atoms with Crippen LogP contribution in [0, 0.1) is 0 Å². The summed E-state index contributed by atoms with van der Waals surface area (Å²) in [5.41, 5.74) is 0.912. The molecule has 84 valence electrons. The second-order valence-electron chi connectivity index (χ2n) is 3.21. The van der Waals surface area contributed by atoms with Crippen molar-refractivity contribution in [1.82, 2.24) is 10.1 Å². The molecule has 1 aromatic carbocycles. The number of rotatable bonds is 5. The first-order valence-electron chi connectivity index (χ1n) is 5.02. The number of aromatic nitrogens is 2. The number of benzene rings is 1. The van der Waals surface area contributed by atoms with Gasteiger partial charge in [0.05, 0.1) is 6.61 Å². The lowest BCUT2D eigenvalue weighted by Crippen LogP contribution is -2.08. The van der Waals surface area contributed by atoms with Crippen LogP contribution < -0.4 is 5.32 Å². The van der Waals surface area contributed by atoms with Gasteiger partial charge in [0.2, 0.25) is 0 Å². The third-order valence-electron chi connectivity index (χ3n) is 2.04. The molecule has 0 unspecified atom stereocenters. The second kappa shape index (κ2) is 5.27. The van der Waals surface area contributed by atoms with Crippen LogP contribution in [0.5, 0.6) is 0 Å². The predicted octanol–water partition coefficient (Wildman–Crippen LogP) is 1.79. The van der Waals surface area contributed by atoms with E-state index in [4.69, 9.17) is 9.26 Å². The van der Waals surface area contributed by atoms with Crippen molar-refractivity contribution < 1.29 is 9.26 Å². The van der Waals surface area contributed by atoms with Crippen molar-refractivity contribution in [1.29, 1.82) is 0 Å². The van der Waals surface area contributed by atoms with E-state index in [2.05, 4.69) is 15.5 Å². The third-order valence-corrected chi connectivity index (χ3v) is 2.04. The molecule has 0 spiro atoms. The highest BCUT2D eigenvalue weighted by Gasteiger charge is 2.06. The van der Waals surface area contributed by atoms with Gasteiger partial charge in [-0.25, -0.2) is 0 Å². The Bertz CT molecular complexity index is 428. The summed E-state index contributed by atoms with van der Waals surface area (Å²) >= 11 is 0. The molecule has 2 aromatic rings. The van der Waals surface area contributed by atoms with Crippen LogP contribution in [0.1, 0.15) is 0 Å². The zero-order valence-electron chi connectivity index (χ0n) is 9.01. The molecule has 1 heterocycles. The summed E-state index contributed by atoms with van der Waals surface area (Å²) in [5.74, 6) is 0.997. The van der Waals surface area contributed by atoms with Gasteiger partial charge in [0.25, 0.3) is 11.8 Å². The molecule has 1 N–H and O–H groups in total. The summed E-state index contributed by atoms with van der Waals surface area (Å²) in [6.07, 6.45) is 0. The van der Waals surface area contributed by atoms with Crippen LogP contribution in [-0.4, -0.2) is 30.4 Å². The molecular weight excluding hydrogens is 206 g/mol. The van der Waals surface area contributed by atoms with Gasteiger partial charge in [-0.2, -0.15) is 4.98 Å². The standard InChI is InChI=1S/C11H13N3O2/c1-15-8-7-12-11-13-10(16-14-11)9-5-3-2-4-6-9/h2-6H,7-8H2,1H3,(H,12,14). The number of anilines is 1. The van der Waals surface area contributed by atoms with Crippen LogP contribution in [0.15, 0.2) is 34.9 Å². The number of nitrogens with zero attached hydrogens (tertiary/aromatic N) is 2. The van der Waals surface area contributed by atoms with Gasteiger partial charge in [0.1, 0.15) is 0 Å². The molecule has 0 aliphatic carbocycles. The van der Waals surface area contributed by atoms with Crippen molar-refractivity contribution in [2.75, 3.05) is 25.6 Å². The Morgan fingerprint density at radius 3 is 2.88 bits per heavy atom. The van der Waals surface area contributed by atoms with Crippen molar-refractivity contribution >= 4 is 5.95 Å². The SMILES string of the molecule is COCCNc1noc(-c2ccccc2)n1. The van der Waals surface area contributed by atoms with Crippen molar-refractivity contribution in [2.45, 2.75) is 0 Å². The van der Waals surface area contributed by atoms with Gasteiger partial charge < -0.3 is 14.6 Å². The molecule has 5 nitrogen and oxygen atoms in total. The fourth-order valence-electron chi connectivity index (χ4n) is 1.26. The summed E-state index contributed by atoms with van der Waals surface area (Å²) in [6.45, 7) is 1.26. The van der Waals surface area contributed by atoms with E-state index in [9.17, 15) is 0 Å². The van der Waals surface area contributed by atoms with Crippen LogP contribution in [0.3, 0.4) is 0 Å². The van der Waals surface area contributed by atoms with Gasteiger partial charge in [-0.05, 0) is 17.3 Å². The molecule has 0 saturated heterocycles. The fourth-order valence-corrected chi connectivity index (χ4v) is 1.26. The maximum atomic E-state index is 5.12. The number of methoxy groups -OCH3 is 1. The highest BCUT2D eigenvalue weighted by molar-refractivity contribution is 5.53. The van der Waals surface area contributed by atoms with Crippen molar-refractivity contribution in [3.8, 4) is 11.5 Å². The predicted molar refractivity (Wildman–Crippen MR) is 60.1 cm³/mol. The average molecular weight is 219 g/mol. The third kappa shape index (κ3) is 2.58. The van der Waals surface area contributed by atoms with E-state index in [1.165, 1.54) is 0 Å². The highest BCUT2D eigenvalue weighted by Crippen LogP contribution is 2.17. The Hall–Kier alpha value is -1.88. The summed E-state index contributed by atoms with van der Waals surface area (Å²) in [7, 11) is 1.65. The first-order chi connectivity index (χ1) is 7.90. The number of nitrogens with one attached hydrogen (secondary N) is 1. The smallest absolute Gasteiger partial charge is 0.263 e. The summed E-state index contributed by atoms with van der Waals surface area (Å²) in [6, 6.07) is 9.64.